The van der Waals surface area contributed by atoms with Crippen LogP contribution in [0.4, 0.5) is 32.0 Å². The highest BCUT2D eigenvalue weighted by Crippen LogP contribution is 2.42. The number of aliphatic hydroxyl groups is 1. The molecule has 2 aliphatic heterocycles. The van der Waals surface area contributed by atoms with Gasteiger partial charge in [-0.1, -0.05) is 30.3 Å². The molecule has 2 aromatic carbocycles. The smallest absolute Gasteiger partial charge is 0.433 e. The van der Waals surface area contributed by atoms with Crippen molar-refractivity contribution >= 4 is 17.5 Å². The number of rotatable bonds is 5. The number of alkyl halides is 6. The molecule has 1 fully saturated rings. The quantitative estimate of drug-likeness (QED) is 0.290. The van der Waals surface area contributed by atoms with Crippen LogP contribution >= 0.6 is 0 Å². The molecule has 0 aliphatic carbocycles. The van der Waals surface area contributed by atoms with Crippen LogP contribution in [-0.4, -0.2) is 49.0 Å². The maximum absolute atomic E-state index is 13.7. The third-order valence-electron chi connectivity index (χ3n) is 7.32. The number of hydrogen-bond donors (Lipinski definition) is 2. The van der Waals surface area contributed by atoms with Crippen LogP contribution in [0.25, 0.3) is 11.3 Å². The molecule has 2 N–H and O–H groups in total. The summed E-state index contributed by atoms with van der Waals surface area (Å²) >= 11 is 0. The maximum Gasteiger partial charge on any atom is 0.433 e. The Bertz CT molecular complexity index is 1570. The Morgan fingerprint density at radius 1 is 1.02 bits per heavy atom. The number of benzene rings is 2. The lowest BCUT2D eigenvalue weighted by molar-refractivity contribution is -0.160. The molecule has 0 bridgehead atoms. The standard InChI is InChI=1S/C28H23F6N5O3/c1-26-10-5-11-39(26)38(14-16-6-3-2-4-7-16)25(42)22(23(26)40)24(41)37-19-9-8-17(27(29,30)31)12-18(19)20-13-21(28(32,33)34)36-15-35-20/h2-4,6-9,12-13,15,40H,5,10-11,14H2,1H3,(H,37,41)/t26-/m1/s1. The predicted octanol–water partition coefficient (Wildman–Crippen LogP) is 5.74. The van der Waals surface area contributed by atoms with Gasteiger partial charge >= 0.3 is 12.4 Å². The van der Waals surface area contributed by atoms with Gasteiger partial charge in [0.05, 0.1) is 29.0 Å². The van der Waals surface area contributed by atoms with E-state index in [2.05, 4.69) is 15.3 Å². The minimum Gasteiger partial charge on any atom is -0.509 e. The summed E-state index contributed by atoms with van der Waals surface area (Å²) in [4.78, 5) is 34.1. The van der Waals surface area contributed by atoms with Crippen LogP contribution in [0.15, 0.2) is 72.3 Å². The van der Waals surface area contributed by atoms with Crippen LogP contribution in [0.1, 0.15) is 36.6 Å². The number of nitrogens with zero attached hydrogens (tertiary/aromatic N) is 4. The van der Waals surface area contributed by atoms with E-state index >= 15 is 0 Å². The van der Waals surface area contributed by atoms with Gasteiger partial charge in [-0.2, -0.15) is 26.3 Å². The Hall–Kier alpha value is -4.46. The minimum atomic E-state index is -4.92. The molecule has 42 heavy (non-hydrogen) atoms. The van der Waals surface area contributed by atoms with Crippen LogP contribution in [0, 0.1) is 0 Å². The zero-order chi connectivity index (χ0) is 30.4. The first-order chi connectivity index (χ1) is 19.7. The second kappa shape index (κ2) is 10.4. The molecule has 1 aromatic heterocycles. The summed E-state index contributed by atoms with van der Waals surface area (Å²) in [5.74, 6) is -2.50. The fraction of sp³-hybridized carbons (Fsp3) is 0.286. The Balaban J connectivity index is 1.56. The second-order valence-corrected chi connectivity index (χ2v) is 10.1. The largest absolute Gasteiger partial charge is 0.509 e. The number of amides is 2. The second-order valence-electron chi connectivity index (χ2n) is 10.1. The molecule has 3 heterocycles. The van der Waals surface area contributed by atoms with Gasteiger partial charge < -0.3 is 10.4 Å². The van der Waals surface area contributed by atoms with Crippen LogP contribution in [0.2, 0.25) is 0 Å². The third kappa shape index (κ3) is 5.29. The lowest BCUT2D eigenvalue weighted by atomic mass is 9.90. The Morgan fingerprint density at radius 3 is 2.40 bits per heavy atom. The third-order valence-corrected chi connectivity index (χ3v) is 7.32. The number of anilines is 1. The van der Waals surface area contributed by atoms with E-state index in [0.717, 1.165) is 11.6 Å². The van der Waals surface area contributed by atoms with Gasteiger partial charge in [0.25, 0.3) is 11.8 Å². The van der Waals surface area contributed by atoms with Gasteiger partial charge in [-0.05, 0) is 49.6 Å². The van der Waals surface area contributed by atoms with Crippen molar-refractivity contribution in [2.75, 3.05) is 11.9 Å². The van der Waals surface area contributed by atoms with Gasteiger partial charge in [-0.15, -0.1) is 0 Å². The van der Waals surface area contributed by atoms with Crippen molar-refractivity contribution in [2.24, 2.45) is 0 Å². The molecule has 2 amide bonds. The van der Waals surface area contributed by atoms with E-state index in [-0.39, 0.29) is 12.2 Å². The molecule has 0 spiro atoms. The van der Waals surface area contributed by atoms with Gasteiger partial charge in [0.2, 0.25) is 0 Å². The van der Waals surface area contributed by atoms with E-state index in [1.165, 1.54) is 5.01 Å². The Morgan fingerprint density at radius 2 is 1.74 bits per heavy atom. The highest BCUT2D eigenvalue weighted by atomic mass is 19.4. The van der Waals surface area contributed by atoms with Crippen molar-refractivity contribution in [3.05, 3.63) is 89.1 Å². The van der Waals surface area contributed by atoms with E-state index in [0.29, 0.717) is 43.9 Å². The highest BCUT2D eigenvalue weighted by Gasteiger charge is 2.52. The van der Waals surface area contributed by atoms with Crippen molar-refractivity contribution in [3.8, 4) is 11.3 Å². The molecule has 0 unspecified atom stereocenters. The number of aliphatic hydroxyl groups excluding tert-OH is 1. The fourth-order valence-corrected chi connectivity index (χ4v) is 5.19. The molecule has 0 saturated carbocycles. The average Bonchev–Trinajstić information content (AvgIpc) is 3.34. The fourth-order valence-electron chi connectivity index (χ4n) is 5.19. The lowest BCUT2D eigenvalue weighted by Gasteiger charge is -2.46. The van der Waals surface area contributed by atoms with E-state index in [4.69, 9.17) is 0 Å². The molecule has 1 saturated heterocycles. The van der Waals surface area contributed by atoms with E-state index < -0.39 is 63.6 Å². The first-order valence-electron chi connectivity index (χ1n) is 12.7. The summed E-state index contributed by atoms with van der Waals surface area (Å²) in [7, 11) is 0. The summed E-state index contributed by atoms with van der Waals surface area (Å²) in [6, 6.07) is 11.4. The summed E-state index contributed by atoms with van der Waals surface area (Å²) in [5, 5.41) is 16.5. The van der Waals surface area contributed by atoms with Gasteiger partial charge in [0.1, 0.15) is 23.4 Å². The number of carbonyl (C=O) groups is 2. The van der Waals surface area contributed by atoms with Crippen LogP contribution in [-0.2, 0) is 28.5 Å². The summed E-state index contributed by atoms with van der Waals surface area (Å²) in [6.07, 6.45) is -8.23. The zero-order valence-electron chi connectivity index (χ0n) is 21.9. The predicted molar refractivity (Wildman–Crippen MR) is 137 cm³/mol. The van der Waals surface area contributed by atoms with Gasteiger partial charge in [-0.3, -0.25) is 14.6 Å². The molecule has 5 rings (SSSR count). The SMILES string of the molecule is C[C@]12CCCN1N(Cc1ccccc1)C(=O)C(C(=O)Nc1ccc(C(F)(F)F)cc1-c1cc(C(F)(F)F)ncn1)=C2O. The number of carbonyl (C=O) groups excluding carboxylic acids is 2. The van der Waals surface area contributed by atoms with Crippen molar-refractivity contribution in [1.29, 1.82) is 0 Å². The molecule has 2 aliphatic rings. The summed E-state index contributed by atoms with van der Waals surface area (Å²) < 4.78 is 80.5. The van der Waals surface area contributed by atoms with Gasteiger partial charge in [0.15, 0.2) is 0 Å². The van der Waals surface area contributed by atoms with Crippen molar-refractivity contribution in [3.63, 3.8) is 0 Å². The van der Waals surface area contributed by atoms with E-state index in [1.54, 1.807) is 42.3 Å². The first-order valence-corrected chi connectivity index (χ1v) is 12.7. The topological polar surface area (TPSA) is 98.7 Å². The highest BCUT2D eigenvalue weighted by molar-refractivity contribution is 6.24. The van der Waals surface area contributed by atoms with Crippen molar-refractivity contribution < 1.29 is 41.0 Å². The number of hydrazine groups is 1. The molecule has 1 atom stereocenters. The number of fused-ring (bicyclic) bond motifs is 1. The maximum atomic E-state index is 13.7. The van der Waals surface area contributed by atoms with E-state index in [9.17, 15) is 41.0 Å². The Kier molecular flexibility index (Phi) is 7.21. The van der Waals surface area contributed by atoms with Gasteiger partial charge in [0, 0.05) is 12.1 Å². The minimum absolute atomic E-state index is 0.0754. The molecule has 0 radical (unpaired) electrons. The molecular formula is C28H23F6N5O3. The van der Waals surface area contributed by atoms with Crippen LogP contribution < -0.4 is 5.32 Å². The van der Waals surface area contributed by atoms with Crippen LogP contribution in [0.3, 0.4) is 0 Å². The molecular weight excluding hydrogens is 568 g/mol. The number of nitrogens with one attached hydrogen (secondary N) is 1. The zero-order valence-corrected chi connectivity index (χ0v) is 21.9. The number of halogens is 6. The van der Waals surface area contributed by atoms with E-state index in [1.807, 2.05) is 0 Å². The van der Waals surface area contributed by atoms with Crippen molar-refractivity contribution in [1.82, 2.24) is 20.0 Å². The average molecular weight is 592 g/mol. The molecule has 14 heteroatoms. The monoisotopic (exact) mass is 591 g/mol. The number of aromatic nitrogens is 2. The molecule has 220 valence electrons. The normalized spacial score (nSPS) is 19.7. The first kappa shape index (κ1) is 29.0. The van der Waals surface area contributed by atoms with Crippen molar-refractivity contribution in [2.45, 2.75) is 44.2 Å². The molecule has 3 aromatic rings. The van der Waals surface area contributed by atoms with Gasteiger partial charge in [-0.25, -0.2) is 15.0 Å². The van der Waals surface area contributed by atoms with Crippen LogP contribution in [0.5, 0.6) is 0 Å². The lowest BCUT2D eigenvalue weighted by Crippen LogP contribution is -2.60. The Labute approximate surface area is 235 Å². The number of hydrogen-bond acceptors (Lipinski definition) is 6. The molecule has 8 nitrogen and oxygen atoms in total. The summed E-state index contributed by atoms with van der Waals surface area (Å²) in [6.45, 7) is 2.16. The summed E-state index contributed by atoms with van der Waals surface area (Å²) in [5.41, 5.74) is -5.02.